The summed E-state index contributed by atoms with van der Waals surface area (Å²) in [5.74, 6) is 1.30. The second-order valence-corrected chi connectivity index (χ2v) is 8.19. The molecule has 1 aliphatic carbocycles. The molecule has 1 atom stereocenters. The second kappa shape index (κ2) is 7.56. The highest BCUT2D eigenvalue weighted by atomic mass is 32.2. The van der Waals surface area contributed by atoms with Crippen molar-refractivity contribution in [2.75, 3.05) is 13.7 Å². The van der Waals surface area contributed by atoms with Gasteiger partial charge in [-0.1, -0.05) is 48.3 Å². The molecule has 7 heteroatoms. The van der Waals surface area contributed by atoms with Crippen molar-refractivity contribution in [2.24, 2.45) is 5.92 Å². The van der Waals surface area contributed by atoms with Gasteiger partial charge in [0, 0.05) is 11.3 Å². The molecule has 1 fully saturated rings. The van der Waals surface area contributed by atoms with Crippen LogP contribution in [0.4, 0.5) is 0 Å². The summed E-state index contributed by atoms with van der Waals surface area (Å²) in [6, 6.07) is 7.72. The zero-order chi connectivity index (χ0) is 18.9. The smallest absolute Gasteiger partial charge is 0.446 e. The fraction of sp³-hybridized carbons (Fsp3) is 0.500. The molecule has 144 valence electrons. The molecule has 2 heterocycles. The molecule has 4 rings (SSSR count). The molecule has 27 heavy (non-hydrogen) atoms. The van der Waals surface area contributed by atoms with E-state index in [1.807, 2.05) is 36.6 Å². The van der Waals surface area contributed by atoms with Crippen LogP contribution in [0.15, 0.2) is 39.0 Å². The fourth-order valence-corrected chi connectivity index (χ4v) is 4.91. The maximum Gasteiger partial charge on any atom is 0.446 e. The Balaban J connectivity index is 1.74. The monoisotopic (exact) mass is 388 g/mol. The third kappa shape index (κ3) is 3.34. The van der Waals surface area contributed by atoms with E-state index in [-0.39, 0.29) is 0 Å². The first kappa shape index (κ1) is 18.4. The van der Waals surface area contributed by atoms with E-state index in [4.69, 9.17) is 14.0 Å². The van der Waals surface area contributed by atoms with Gasteiger partial charge in [0.05, 0.1) is 13.7 Å². The maximum atomic E-state index is 12.2. The van der Waals surface area contributed by atoms with Crippen molar-refractivity contribution in [3.8, 4) is 5.75 Å². The Morgan fingerprint density at radius 2 is 2.00 bits per heavy atom. The van der Waals surface area contributed by atoms with Crippen LogP contribution < -0.4 is 10.5 Å². The van der Waals surface area contributed by atoms with Gasteiger partial charge in [0.2, 0.25) is 10.8 Å². The lowest BCUT2D eigenvalue weighted by Crippen LogP contribution is -2.36. The zero-order valence-electron chi connectivity index (χ0n) is 15.6. The number of aromatic nitrogens is 2. The van der Waals surface area contributed by atoms with Crippen LogP contribution in [0.2, 0.25) is 0 Å². The van der Waals surface area contributed by atoms with Crippen LogP contribution in [0.5, 0.6) is 5.75 Å². The fourth-order valence-electron chi connectivity index (χ4n) is 3.82. The Bertz CT molecular complexity index is 880. The summed E-state index contributed by atoms with van der Waals surface area (Å²) in [5, 5.41) is 6.04. The van der Waals surface area contributed by atoms with Crippen molar-refractivity contribution in [1.82, 2.24) is 9.72 Å². The van der Waals surface area contributed by atoms with Crippen LogP contribution in [-0.4, -0.2) is 23.4 Å². The van der Waals surface area contributed by atoms with Gasteiger partial charge in [-0.25, -0.2) is 9.36 Å². The summed E-state index contributed by atoms with van der Waals surface area (Å²) in [7, 11) is 1.64. The van der Waals surface area contributed by atoms with Gasteiger partial charge in [-0.15, -0.1) is 0 Å². The van der Waals surface area contributed by atoms with Gasteiger partial charge in [-0.3, -0.25) is 4.52 Å². The average Bonchev–Trinajstić information content (AvgIpc) is 3.12. The first-order valence-corrected chi connectivity index (χ1v) is 10.2. The van der Waals surface area contributed by atoms with Gasteiger partial charge in [0.25, 0.3) is 0 Å². The van der Waals surface area contributed by atoms with E-state index in [9.17, 15) is 4.79 Å². The number of allylic oxidation sites excluding steroid dienone is 1. The summed E-state index contributed by atoms with van der Waals surface area (Å²) in [5.41, 5.74) is 1.70. The minimum atomic E-state index is -0.907. The normalized spacial score (nSPS) is 23.0. The van der Waals surface area contributed by atoms with Crippen molar-refractivity contribution in [2.45, 2.75) is 44.0 Å². The number of methoxy groups -OCH3 is 1. The van der Waals surface area contributed by atoms with Gasteiger partial charge in [-0.05, 0) is 43.2 Å². The molecule has 1 aliphatic heterocycles. The van der Waals surface area contributed by atoms with Crippen molar-refractivity contribution < 1.29 is 14.0 Å². The van der Waals surface area contributed by atoms with Crippen molar-refractivity contribution in [3.63, 3.8) is 0 Å². The molecule has 1 aromatic heterocycles. The standard InChI is InChI=1S/C20H24N2O4S/c1-14-13-27-20(18-21-26-19(23)22(14)18,16-8-10-17(24-2)11-9-16)25-12-15-6-4-3-5-7-15/h8-11,13,15H,3-7,12H2,1-2H3. The van der Waals surface area contributed by atoms with Crippen LogP contribution in [0, 0.1) is 5.92 Å². The number of ether oxygens (including phenoxy) is 2. The summed E-state index contributed by atoms with van der Waals surface area (Å²) in [6.07, 6.45) is 6.18. The highest BCUT2D eigenvalue weighted by molar-refractivity contribution is 8.03. The molecule has 1 aromatic carbocycles. The number of fused-ring (bicyclic) bond motifs is 1. The first-order valence-electron chi connectivity index (χ1n) is 9.37. The predicted molar refractivity (Wildman–Crippen MR) is 105 cm³/mol. The van der Waals surface area contributed by atoms with E-state index >= 15 is 0 Å². The molecule has 0 radical (unpaired) electrons. The zero-order valence-corrected chi connectivity index (χ0v) is 16.5. The van der Waals surface area contributed by atoms with E-state index in [0.29, 0.717) is 18.3 Å². The van der Waals surface area contributed by atoms with E-state index in [2.05, 4.69) is 5.16 Å². The van der Waals surface area contributed by atoms with E-state index in [1.54, 1.807) is 7.11 Å². The number of hydrogen-bond donors (Lipinski definition) is 0. The molecule has 2 aliphatic rings. The lowest BCUT2D eigenvalue weighted by atomic mass is 9.90. The van der Waals surface area contributed by atoms with Crippen LogP contribution in [0.1, 0.15) is 50.4 Å². The molecule has 6 nitrogen and oxygen atoms in total. The Morgan fingerprint density at radius 1 is 1.26 bits per heavy atom. The number of thioether (sulfide) groups is 1. The Kier molecular flexibility index (Phi) is 5.14. The van der Waals surface area contributed by atoms with Gasteiger partial charge >= 0.3 is 5.76 Å². The Hall–Kier alpha value is -1.99. The van der Waals surface area contributed by atoms with E-state index in [1.165, 1.54) is 48.4 Å². The van der Waals surface area contributed by atoms with Gasteiger partial charge in [-0.2, -0.15) is 0 Å². The van der Waals surface area contributed by atoms with Crippen LogP contribution in [0.3, 0.4) is 0 Å². The molecular weight excluding hydrogens is 364 g/mol. The molecule has 0 bridgehead atoms. The molecular formula is C20H24N2O4S. The first-order chi connectivity index (χ1) is 13.1. The summed E-state index contributed by atoms with van der Waals surface area (Å²) < 4.78 is 18.3. The molecule has 0 saturated heterocycles. The highest BCUT2D eigenvalue weighted by Gasteiger charge is 2.45. The molecule has 2 aromatic rings. The van der Waals surface area contributed by atoms with Gasteiger partial charge in [0.1, 0.15) is 5.75 Å². The SMILES string of the molecule is COc1ccc(C2(OCC3CCCCC3)SC=C(C)n3c2noc3=O)cc1. The number of hydrogen-bond acceptors (Lipinski definition) is 6. The van der Waals surface area contributed by atoms with Crippen LogP contribution in [0.25, 0.3) is 5.70 Å². The molecule has 0 amide bonds. The van der Waals surface area contributed by atoms with Crippen LogP contribution >= 0.6 is 11.8 Å². The van der Waals surface area contributed by atoms with Crippen molar-refractivity contribution >= 4 is 17.5 Å². The van der Waals surface area contributed by atoms with E-state index < -0.39 is 10.7 Å². The largest absolute Gasteiger partial charge is 0.497 e. The van der Waals surface area contributed by atoms with Gasteiger partial charge < -0.3 is 9.47 Å². The number of benzene rings is 1. The van der Waals surface area contributed by atoms with Crippen LogP contribution in [-0.2, 0) is 9.67 Å². The minimum absolute atomic E-state index is 0.485. The van der Waals surface area contributed by atoms with Gasteiger partial charge in [0.15, 0.2) is 0 Å². The number of nitrogens with zero attached hydrogens (tertiary/aromatic N) is 2. The summed E-state index contributed by atoms with van der Waals surface area (Å²) in [6.45, 7) is 2.50. The molecule has 0 spiro atoms. The maximum absolute atomic E-state index is 12.2. The third-order valence-electron chi connectivity index (χ3n) is 5.36. The topological polar surface area (TPSA) is 66.5 Å². The minimum Gasteiger partial charge on any atom is -0.497 e. The Labute approximate surface area is 162 Å². The summed E-state index contributed by atoms with van der Waals surface area (Å²) >= 11 is 1.52. The molecule has 1 saturated carbocycles. The average molecular weight is 388 g/mol. The quantitative estimate of drug-likeness (QED) is 0.764. The predicted octanol–water partition coefficient (Wildman–Crippen LogP) is 4.21. The molecule has 1 unspecified atom stereocenters. The second-order valence-electron chi connectivity index (χ2n) is 7.14. The summed E-state index contributed by atoms with van der Waals surface area (Å²) in [4.78, 5) is 11.3. The Morgan fingerprint density at radius 3 is 2.70 bits per heavy atom. The lowest BCUT2D eigenvalue weighted by molar-refractivity contribution is 0.0118. The lowest BCUT2D eigenvalue weighted by Gasteiger charge is -2.36. The molecule has 0 N–H and O–H groups in total. The van der Waals surface area contributed by atoms with E-state index in [0.717, 1.165) is 17.0 Å². The number of rotatable bonds is 5. The van der Waals surface area contributed by atoms with Crippen molar-refractivity contribution in [1.29, 1.82) is 0 Å². The highest BCUT2D eigenvalue weighted by Crippen LogP contribution is 2.48. The van der Waals surface area contributed by atoms with Crippen molar-refractivity contribution in [3.05, 3.63) is 51.6 Å². The third-order valence-corrected chi connectivity index (χ3v) is 6.69.